The maximum Gasteiger partial charge on any atom is 0.326 e. The number of carbonyl (C=O) groups excluding carboxylic acids is 3. The van der Waals surface area contributed by atoms with E-state index in [0.717, 1.165) is 5.56 Å². The van der Waals surface area contributed by atoms with Gasteiger partial charge in [-0.1, -0.05) is 30.3 Å². The summed E-state index contributed by atoms with van der Waals surface area (Å²) < 4.78 is 0. The fourth-order valence-corrected chi connectivity index (χ4v) is 2.86. The zero-order valence-electron chi connectivity index (χ0n) is 17.9. The first kappa shape index (κ1) is 24.5. The van der Waals surface area contributed by atoms with Crippen LogP contribution in [0.5, 0.6) is 0 Å². The summed E-state index contributed by atoms with van der Waals surface area (Å²) in [5.41, 5.74) is 7.27. The van der Waals surface area contributed by atoms with Crippen molar-refractivity contribution in [1.82, 2.24) is 25.9 Å². The number of rotatable bonds is 11. The highest BCUT2D eigenvalue weighted by atomic mass is 16.4. The van der Waals surface area contributed by atoms with E-state index in [0.29, 0.717) is 5.69 Å². The number of carboxylic acids is 1. The molecular weight excluding hydrogens is 416 g/mol. The van der Waals surface area contributed by atoms with Crippen LogP contribution >= 0.6 is 0 Å². The van der Waals surface area contributed by atoms with E-state index in [9.17, 15) is 24.3 Å². The van der Waals surface area contributed by atoms with Crippen LogP contribution in [0.25, 0.3) is 0 Å². The molecule has 0 aliphatic rings. The highest BCUT2D eigenvalue weighted by molar-refractivity contribution is 5.93. The molecule has 0 spiro atoms. The van der Waals surface area contributed by atoms with Crippen molar-refractivity contribution in [3.05, 3.63) is 54.1 Å². The van der Waals surface area contributed by atoms with Crippen LogP contribution in [0.3, 0.4) is 0 Å². The summed E-state index contributed by atoms with van der Waals surface area (Å²) in [5.74, 6) is -2.98. The number of nitrogens with two attached hydrogens (primary N) is 1. The number of aromatic amines is 1. The van der Waals surface area contributed by atoms with Crippen LogP contribution < -0.4 is 21.7 Å². The van der Waals surface area contributed by atoms with Gasteiger partial charge in [-0.15, -0.1) is 0 Å². The van der Waals surface area contributed by atoms with Gasteiger partial charge in [0.2, 0.25) is 17.7 Å². The Hall–Kier alpha value is -3.73. The molecule has 1 aromatic heterocycles. The number of benzene rings is 1. The van der Waals surface area contributed by atoms with Crippen molar-refractivity contribution in [2.45, 2.75) is 50.9 Å². The second-order valence-corrected chi connectivity index (χ2v) is 7.44. The molecule has 1 heterocycles. The lowest BCUT2D eigenvalue weighted by molar-refractivity contribution is -0.142. The molecular formula is C21H28N6O5. The van der Waals surface area contributed by atoms with Crippen LogP contribution in [0.1, 0.15) is 25.1 Å². The second-order valence-electron chi connectivity index (χ2n) is 7.44. The summed E-state index contributed by atoms with van der Waals surface area (Å²) >= 11 is 0. The number of carbonyl (C=O) groups is 4. The molecule has 2 rings (SSSR count). The number of aliphatic carboxylic acids is 1. The van der Waals surface area contributed by atoms with Crippen LogP contribution in [0.2, 0.25) is 0 Å². The van der Waals surface area contributed by atoms with Crippen molar-refractivity contribution in [2.75, 3.05) is 0 Å². The maximum absolute atomic E-state index is 12.4. The Morgan fingerprint density at radius 3 is 2.12 bits per heavy atom. The van der Waals surface area contributed by atoms with Gasteiger partial charge in [0.05, 0.1) is 12.4 Å². The van der Waals surface area contributed by atoms with Gasteiger partial charge in [-0.05, 0) is 19.4 Å². The van der Waals surface area contributed by atoms with Crippen LogP contribution in [-0.2, 0) is 32.0 Å². The Morgan fingerprint density at radius 1 is 0.969 bits per heavy atom. The number of imidazole rings is 1. The zero-order valence-corrected chi connectivity index (χ0v) is 17.9. The van der Waals surface area contributed by atoms with Crippen LogP contribution in [0.15, 0.2) is 42.9 Å². The molecule has 2 aromatic rings. The molecule has 0 saturated carbocycles. The molecule has 0 aliphatic carbocycles. The second kappa shape index (κ2) is 11.6. The van der Waals surface area contributed by atoms with Crippen LogP contribution in [-0.4, -0.2) is 62.9 Å². The number of amides is 3. The molecule has 3 amide bonds. The summed E-state index contributed by atoms with van der Waals surface area (Å²) in [6.45, 7) is 2.88. The van der Waals surface area contributed by atoms with Crippen molar-refractivity contribution >= 4 is 23.7 Å². The molecule has 0 fully saturated rings. The highest BCUT2D eigenvalue weighted by Crippen LogP contribution is 2.04. The molecule has 4 atom stereocenters. The summed E-state index contributed by atoms with van der Waals surface area (Å²) in [5, 5.41) is 16.8. The minimum Gasteiger partial charge on any atom is -0.480 e. The van der Waals surface area contributed by atoms with E-state index < -0.39 is 47.9 Å². The van der Waals surface area contributed by atoms with Gasteiger partial charge in [0.15, 0.2) is 0 Å². The Balaban J connectivity index is 1.84. The molecule has 0 bridgehead atoms. The molecule has 0 radical (unpaired) electrons. The molecule has 11 nitrogen and oxygen atoms in total. The number of aromatic nitrogens is 2. The normalized spacial score (nSPS) is 14.5. The minimum atomic E-state index is -1.19. The van der Waals surface area contributed by atoms with E-state index in [2.05, 4.69) is 25.9 Å². The molecule has 172 valence electrons. The van der Waals surface area contributed by atoms with E-state index in [1.165, 1.54) is 20.2 Å². The van der Waals surface area contributed by atoms with Gasteiger partial charge in [-0.3, -0.25) is 14.4 Å². The summed E-state index contributed by atoms with van der Waals surface area (Å²) in [7, 11) is 0. The lowest BCUT2D eigenvalue weighted by Gasteiger charge is -2.21. The first-order chi connectivity index (χ1) is 15.2. The van der Waals surface area contributed by atoms with Gasteiger partial charge in [0.25, 0.3) is 0 Å². The largest absolute Gasteiger partial charge is 0.480 e. The SMILES string of the molecule is CC(NC(=O)C(N)Cc1cnc[nH]1)C(=O)NC(C)C(=O)NC(Cc1ccccc1)C(=O)O. The molecule has 0 saturated heterocycles. The van der Waals surface area contributed by atoms with Crippen molar-refractivity contribution in [3.8, 4) is 0 Å². The van der Waals surface area contributed by atoms with Gasteiger partial charge in [-0.25, -0.2) is 9.78 Å². The Bertz CT molecular complexity index is 918. The number of nitrogens with zero attached hydrogens (tertiary/aromatic N) is 1. The van der Waals surface area contributed by atoms with Crippen LogP contribution in [0, 0.1) is 0 Å². The van der Waals surface area contributed by atoms with Crippen molar-refractivity contribution in [1.29, 1.82) is 0 Å². The topological polar surface area (TPSA) is 179 Å². The van der Waals surface area contributed by atoms with Crippen molar-refractivity contribution in [3.63, 3.8) is 0 Å². The standard InChI is InChI=1S/C21H28N6O5/c1-12(26-20(30)16(22)9-15-10-23-11-24-15)18(28)25-13(2)19(29)27-17(21(31)32)8-14-6-4-3-5-7-14/h3-7,10-13,16-17H,8-9,22H2,1-2H3,(H,23,24)(H,25,28)(H,26,30)(H,27,29)(H,31,32). The number of hydrogen-bond acceptors (Lipinski definition) is 6. The number of nitrogens with one attached hydrogen (secondary N) is 4. The molecule has 1 aromatic carbocycles. The van der Waals surface area contributed by atoms with E-state index >= 15 is 0 Å². The highest BCUT2D eigenvalue weighted by Gasteiger charge is 2.26. The Kier molecular flexibility index (Phi) is 8.90. The number of hydrogen-bond donors (Lipinski definition) is 6. The van der Waals surface area contributed by atoms with E-state index in [1.54, 1.807) is 36.5 Å². The lowest BCUT2D eigenvalue weighted by atomic mass is 10.1. The number of H-pyrrole nitrogens is 1. The third-order valence-corrected chi connectivity index (χ3v) is 4.73. The molecule has 7 N–H and O–H groups in total. The first-order valence-electron chi connectivity index (χ1n) is 10.1. The van der Waals surface area contributed by atoms with Gasteiger partial charge in [0.1, 0.15) is 18.1 Å². The Labute approximate surface area is 185 Å². The molecule has 11 heteroatoms. The smallest absolute Gasteiger partial charge is 0.326 e. The predicted octanol–water partition coefficient (Wildman–Crippen LogP) is -0.899. The summed E-state index contributed by atoms with van der Waals surface area (Å²) in [6, 6.07) is 4.86. The summed E-state index contributed by atoms with van der Waals surface area (Å²) in [4.78, 5) is 55.2. The lowest BCUT2D eigenvalue weighted by Crippen LogP contribution is -2.55. The average Bonchev–Trinajstić information content (AvgIpc) is 3.26. The predicted molar refractivity (Wildman–Crippen MR) is 115 cm³/mol. The van der Waals surface area contributed by atoms with Crippen molar-refractivity contribution < 1.29 is 24.3 Å². The molecule has 4 unspecified atom stereocenters. The fourth-order valence-electron chi connectivity index (χ4n) is 2.86. The van der Waals surface area contributed by atoms with E-state index in [4.69, 9.17) is 5.73 Å². The average molecular weight is 444 g/mol. The van der Waals surface area contributed by atoms with Crippen molar-refractivity contribution in [2.24, 2.45) is 5.73 Å². The quantitative estimate of drug-likeness (QED) is 0.260. The fraction of sp³-hybridized carbons (Fsp3) is 0.381. The number of carboxylic acid groups (broad SMARTS) is 1. The summed E-state index contributed by atoms with van der Waals surface area (Å²) in [6.07, 6.45) is 3.34. The minimum absolute atomic E-state index is 0.100. The van der Waals surface area contributed by atoms with E-state index in [-0.39, 0.29) is 12.8 Å². The van der Waals surface area contributed by atoms with Gasteiger partial charge in [-0.2, -0.15) is 0 Å². The van der Waals surface area contributed by atoms with Gasteiger partial charge >= 0.3 is 5.97 Å². The molecule has 32 heavy (non-hydrogen) atoms. The first-order valence-corrected chi connectivity index (χ1v) is 10.1. The van der Waals surface area contributed by atoms with Crippen LogP contribution in [0.4, 0.5) is 0 Å². The third kappa shape index (κ3) is 7.51. The third-order valence-electron chi connectivity index (χ3n) is 4.73. The zero-order chi connectivity index (χ0) is 23.7. The van der Waals surface area contributed by atoms with Gasteiger partial charge < -0.3 is 31.8 Å². The Morgan fingerprint density at radius 2 is 1.56 bits per heavy atom. The monoisotopic (exact) mass is 444 g/mol. The van der Waals surface area contributed by atoms with E-state index in [1.807, 2.05) is 0 Å². The molecule has 0 aliphatic heterocycles. The van der Waals surface area contributed by atoms with Gasteiger partial charge in [0, 0.05) is 24.7 Å². The maximum atomic E-state index is 12.4.